The third kappa shape index (κ3) is 45.5. The Morgan fingerprint density at radius 1 is 0.206 bits per heavy atom. The number of carboxylic acid groups (broad SMARTS) is 4. The van der Waals surface area contributed by atoms with Gasteiger partial charge in [0.15, 0.2) is 50.3 Å². The molecule has 0 radical (unpaired) electrons. The van der Waals surface area contributed by atoms with Gasteiger partial charge in [0.05, 0.1) is 48.8 Å². The molecule has 16 N–H and O–H groups in total. The number of aliphatic carboxylic acids is 4. The van der Waals surface area contributed by atoms with E-state index in [4.69, 9.17) is 114 Å². The molecule has 30 heterocycles. The van der Waals surface area contributed by atoms with E-state index in [9.17, 15) is 121 Å². The molecule has 0 aromatic heterocycles. The van der Waals surface area contributed by atoms with Gasteiger partial charge < -0.3 is 225 Å². The van der Waals surface area contributed by atoms with Gasteiger partial charge in [-0.2, -0.15) is 132 Å². The van der Waals surface area contributed by atoms with Crippen molar-refractivity contribution in [2.24, 2.45) is 0 Å². The van der Waals surface area contributed by atoms with Gasteiger partial charge in [-0.1, -0.05) is 0 Å². The van der Waals surface area contributed by atoms with Crippen LogP contribution in [0.2, 0.25) is 0 Å². The molecule has 136 heavy (non-hydrogen) atoms. The number of carbonyl (C=O) groups excluding carboxylic acids is 12. The third-order valence-electron chi connectivity index (χ3n) is 20.1. The van der Waals surface area contributed by atoms with Crippen LogP contribution in [0.1, 0.15) is 25.7 Å². The number of ether oxygens (including phenoxy) is 16. The monoisotopic (exact) mass is 2180 g/mol. The van der Waals surface area contributed by atoms with E-state index in [1.165, 1.54) is 0 Å². The smallest absolute Gasteiger partial charge is 0.550 e. The van der Waals surface area contributed by atoms with Crippen molar-refractivity contribution in [3.05, 3.63) is 27.7 Å². The Bertz CT molecular complexity index is 3320. The van der Waals surface area contributed by atoms with Crippen molar-refractivity contribution in [1.29, 1.82) is 0 Å². The standard InChI is InChI=1S/C68H108O40S8.4CO2.8Na/c1-5-109-17-25-53-38(78)46(86)62(94-25)103-55-27(19-111-7-3)96-64(48(88)40(55)80)105-57-29(21-113-13-9-33(69)70)98-66(50(90)42(57)82)107-59-31(23-115-15-11-35(73)74)100-68(52(92)44(59)84)108-60-32(24-116-16-12-36(75)76)99-67(51(91)43(60)83)106-58-30(22-114-14-10-34(71)72)97-65(49(89)41(58)81)104-56-28(20-112-8-4)95-63(47(87)39(56)79)102-54-26(18-110-6-2)93-61(101-53)45(85)37(54)77;4*2-1-3;;;;;;;;/h25-32,37-68,77-92H,1-24H2,(H,69,70)(H,71,72)(H,73,74)(H,75,76);;;;;;;;;;;;/q-4;;;;;8*+1/p-4/t25-,26-,27-,28-,29-,30-,31-,32-,37-,38-,39-,40-,41-,42-,43-,44-,45-,46-,47-,48-,49-,50-,51-,52-,53?,54?,55?,56?,57?,58?,59?,60?,61-,62-,63-,64-,65-,66-,67-,68-;;;;;;;;;;;;/m1............/s1. The van der Waals surface area contributed by atoms with E-state index in [0.29, 0.717) is 0 Å². The van der Waals surface area contributed by atoms with Gasteiger partial charge in [0.25, 0.3) is 0 Å². The molecule has 30 aliphatic heterocycles. The van der Waals surface area contributed by atoms with Gasteiger partial charge in [0.1, 0.15) is 146 Å². The van der Waals surface area contributed by atoms with Gasteiger partial charge >= 0.3 is 261 Å². The average molecular weight is 2180 g/mol. The third-order valence-corrected chi connectivity index (χ3v) is 27.7. The molecule has 0 spiro atoms. The van der Waals surface area contributed by atoms with E-state index < -0.39 is 295 Å². The van der Waals surface area contributed by atoms with Crippen molar-refractivity contribution in [1.82, 2.24) is 0 Å². The summed E-state index contributed by atoms with van der Waals surface area (Å²) in [6.07, 6.45) is -77.2. The molecule has 0 amide bonds. The summed E-state index contributed by atoms with van der Waals surface area (Å²) >= 11 is 8.17. The van der Waals surface area contributed by atoms with Crippen molar-refractivity contribution in [3.63, 3.8) is 0 Å². The molecule has 0 aromatic carbocycles. The first-order chi connectivity index (χ1) is 61.0. The summed E-state index contributed by atoms with van der Waals surface area (Å²) in [4.78, 5) is 111. The van der Waals surface area contributed by atoms with Crippen LogP contribution in [0.4, 0.5) is 0 Å². The average Bonchev–Trinajstić information content (AvgIpc) is 0.767. The molecule has 30 saturated heterocycles. The first-order valence-corrected chi connectivity index (χ1v) is 48.1. The molecule has 8 unspecified atom stereocenters. The van der Waals surface area contributed by atoms with Gasteiger partial charge in [-0.05, 0) is 48.7 Å². The summed E-state index contributed by atoms with van der Waals surface area (Å²) < 4.78 is 100. The van der Waals surface area contributed by atoms with Crippen LogP contribution in [0.25, 0.3) is 0 Å². The van der Waals surface area contributed by atoms with Crippen LogP contribution in [0.15, 0.2) is 0 Å². The quantitative estimate of drug-likeness (QED) is 0.0169. The predicted octanol–water partition coefficient (Wildman–Crippen LogP) is -37.9. The van der Waals surface area contributed by atoms with Crippen LogP contribution < -0.4 is 257 Å². The van der Waals surface area contributed by atoms with Crippen molar-refractivity contribution in [2.75, 3.05) is 92.0 Å². The Kier molecular flexibility index (Phi) is 85.4. The molecule has 48 nitrogen and oxygen atoms in total. The molecule has 64 heteroatoms. The van der Waals surface area contributed by atoms with E-state index in [0.717, 1.165) is 94.1 Å². The summed E-state index contributed by atoms with van der Waals surface area (Å²) in [6, 6.07) is 0. The maximum absolute atomic E-state index is 12.2. The van der Waals surface area contributed by atoms with Crippen LogP contribution in [0.3, 0.4) is 0 Å². The van der Waals surface area contributed by atoms with E-state index in [1.807, 2.05) is 0 Å². The second-order valence-electron chi connectivity index (χ2n) is 28.4. The minimum absolute atomic E-state index is 0. The Morgan fingerprint density at radius 2 is 0.309 bits per heavy atom. The summed E-state index contributed by atoms with van der Waals surface area (Å²) in [7, 11) is 0. The van der Waals surface area contributed by atoms with Crippen LogP contribution in [-0.4, -0.2) is 468 Å². The second-order valence-corrected chi connectivity index (χ2v) is 37.6. The van der Waals surface area contributed by atoms with Crippen molar-refractivity contribution >= 4 is 143 Å². The maximum Gasteiger partial charge on any atom is 1.00 e. The van der Waals surface area contributed by atoms with Crippen LogP contribution in [0, 0.1) is 27.7 Å². The Hall–Kier alpha value is 4.92. The van der Waals surface area contributed by atoms with Gasteiger partial charge in [-0.15, -0.1) is 23.0 Å². The van der Waals surface area contributed by atoms with Crippen LogP contribution in [-0.2, 0) is 133 Å². The number of aliphatic hydroxyl groups excluding tert-OH is 16. The number of carboxylic acids is 4. The minimum atomic E-state index is -2.28. The molecule has 30 fully saturated rings. The van der Waals surface area contributed by atoms with Gasteiger partial charge in [-0.3, -0.25) is 0 Å². The minimum Gasteiger partial charge on any atom is -0.550 e. The molecule has 0 aliphatic carbocycles. The van der Waals surface area contributed by atoms with E-state index in [2.05, 4.69) is 27.7 Å². The Balaban J connectivity index is -0.00000413. The fourth-order valence-electron chi connectivity index (χ4n) is 14.0. The number of carbonyl (C=O) groups is 4. The molecule has 30 rings (SSSR count). The zero-order valence-electron chi connectivity index (χ0n) is 75.5. The van der Waals surface area contributed by atoms with E-state index in [1.54, 1.807) is 0 Å². The Morgan fingerprint density at radius 3 is 0.404 bits per heavy atom. The summed E-state index contributed by atoms with van der Waals surface area (Å²) in [5.74, 6) is -7.50. The fourth-order valence-corrected chi connectivity index (χ4v) is 20.6. The number of hydrogen-bond donors (Lipinski definition) is 16. The van der Waals surface area contributed by atoms with Crippen molar-refractivity contribution in [3.8, 4) is 0 Å². The molecule has 0 aromatic rings. The zero-order chi connectivity index (χ0) is 95.3. The molecular weight excluding hydrogens is 2070 g/mol. The SMILES string of the molecule is O=C=O.O=C=O.O=C=O.O=C=O.[CH2-]CSC[C@H]1O[C@@H]2OC3[C@@H](CSC[CH2-])O[C@H](OC4[C@@H](CSC[CH2-])O[C@H](OC5[C@@H](CSCCC(=O)[O-])O[C@H](OC6[C@@H](CSCCC(=O)[O-])O[C@H](OC7[C@@H](CSCCC(=O)[O-])O[C@H](OC8[C@@H](CSCCC(=O)[O-])O[C@H](OC9[C@@H](CSC[CH2-])O[C@H](OC1[C@H](O)[C@H]2O)[C@H](O)[C@H]9O)[C@H](O)[C@H]8O)[C@H](O)[C@H]7O)[C@H](O)[C@H]6O)[C@H](O)[C@H]5O)[C@H](O)[C@H]4O)[C@H](O)[C@H]3O.[Na+].[Na+].[Na+].[Na+].[Na+].[Na+].[Na+].[Na+]. The van der Waals surface area contributed by atoms with Gasteiger partial charge in [0.2, 0.25) is 0 Å². The molecule has 736 valence electrons. The van der Waals surface area contributed by atoms with E-state index >= 15 is 0 Å². The first kappa shape index (κ1) is 147. The molecule has 16 bridgehead atoms. The number of hydrogen-bond acceptors (Lipinski definition) is 56. The van der Waals surface area contributed by atoms with Crippen molar-refractivity contribution < 1.29 is 472 Å². The van der Waals surface area contributed by atoms with Crippen LogP contribution in [0.5, 0.6) is 0 Å². The number of aliphatic hydroxyl groups is 16. The number of thioether (sulfide) groups is 8. The summed E-state index contributed by atoms with van der Waals surface area (Å²) in [5.41, 5.74) is 0. The fraction of sp³-hybridized carbons (Fsp3) is 0.833. The normalized spacial score (nSPS) is 38.4. The van der Waals surface area contributed by atoms with Crippen LogP contribution >= 0.6 is 94.1 Å². The zero-order valence-corrected chi connectivity index (χ0v) is 98.1. The molecular formula is C72H104Na8O48S8. The second kappa shape index (κ2) is 79.0. The number of rotatable bonds is 32. The molecule has 40 atom stereocenters. The summed E-state index contributed by atoms with van der Waals surface area (Å²) in [6.45, 7) is 15.4. The van der Waals surface area contributed by atoms with Crippen molar-refractivity contribution in [2.45, 2.75) is 271 Å². The first-order valence-electron chi connectivity index (χ1n) is 38.9. The van der Waals surface area contributed by atoms with Gasteiger partial charge in [-0.25, -0.2) is 0 Å². The predicted molar refractivity (Wildman–Crippen MR) is 423 cm³/mol. The largest absolute Gasteiger partial charge is 1.00 e. The molecule has 0 saturated carbocycles. The topological polar surface area (TPSA) is 768 Å². The van der Waals surface area contributed by atoms with E-state index in [-0.39, 0.29) is 353 Å². The maximum atomic E-state index is 12.2. The Labute approximate surface area is 992 Å². The summed E-state index contributed by atoms with van der Waals surface area (Å²) in [5, 5.41) is 240. The van der Waals surface area contributed by atoms with Gasteiger partial charge in [0, 0.05) is 69.9 Å². The molecule has 30 aliphatic rings.